The van der Waals surface area contributed by atoms with E-state index in [1.165, 1.54) is 31.0 Å². The van der Waals surface area contributed by atoms with E-state index >= 15 is 0 Å². The summed E-state index contributed by atoms with van der Waals surface area (Å²) in [6, 6.07) is 13.7. The van der Waals surface area contributed by atoms with Crippen molar-refractivity contribution in [1.29, 1.82) is 5.26 Å². The molecule has 0 radical (unpaired) electrons. The molecule has 1 aliphatic carbocycles. The second-order valence-electron chi connectivity index (χ2n) is 8.29. The Balaban J connectivity index is 1.52. The molecule has 1 heterocycles. The van der Waals surface area contributed by atoms with Gasteiger partial charge in [-0.05, 0) is 80.2 Å². The molecule has 1 aliphatic heterocycles. The van der Waals surface area contributed by atoms with Gasteiger partial charge in [-0.2, -0.15) is 5.26 Å². The maximum Gasteiger partial charge on any atom is 0.322 e. The lowest BCUT2D eigenvalue weighted by atomic mass is 10.0. The van der Waals surface area contributed by atoms with E-state index in [9.17, 15) is 14.4 Å². The number of carbonyl (C=O) groups is 1. The summed E-state index contributed by atoms with van der Waals surface area (Å²) in [5.41, 5.74) is 3.27. The number of hydrogen-bond donors (Lipinski definition) is 1. The summed E-state index contributed by atoms with van der Waals surface area (Å²) in [7, 11) is 0. The Morgan fingerprint density at radius 1 is 1.25 bits per heavy atom. The van der Waals surface area contributed by atoms with Gasteiger partial charge < -0.3 is 15.1 Å². The number of nitrogens with zero attached hydrogens (tertiary/aromatic N) is 3. The Morgan fingerprint density at radius 2 is 2.06 bits per heavy atom. The maximum absolute atomic E-state index is 13.5. The van der Waals surface area contributed by atoms with Crippen LogP contribution >= 0.6 is 11.6 Å². The third-order valence-corrected chi connectivity index (χ3v) is 6.44. The van der Waals surface area contributed by atoms with Crippen molar-refractivity contribution in [3.8, 4) is 6.07 Å². The quantitative estimate of drug-likeness (QED) is 0.627. The summed E-state index contributed by atoms with van der Waals surface area (Å²) in [6.45, 7) is 3.56. The molecule has 2 aliphatic rings. The van der Waals surface area contributed by atoms with E-state index in [1.54, 1.807) is 6.07 Å². The fourth-order valence-electron chi connectivity index (χ4n) is 4.42. The molecule has 0 bridgehead atoms. The minimum Gasteiger partial charge on any atom is -0.317 e. The normalized spacial score (nSPS) is 18.3. The molecular formula is C25H26ClFN4O. The summed E-state index contributed by atoms with van der Waals surface area (Å²) < 4.78 is 13.5. The van der Waals surface area contributed by atoms with E-state index in [2.05, 4.69) is 22.4 Å². The first-order valence-corrected chi connectivity index (χ1v) is 11.4. The number of anilines is 1. The number of halogens is 2. The molecule has 2 amide bonds. The zero-order valence-corrected chi connectivity index (χ0v) is 18.6. The molecule has 0 saturated carbocycles. The number of rotatable bonds is 6. The van der Waals surface area contributed by atoms with Crippen molar-refractivity contribution in [3.63, 3.8) is 0 Å². The highest BCUT2D eigenvalue weighted by Gasteiger charge is 2.28. The molecule has 0 spiro atoms. The highest BCUT2D eigenvalue weighted by Crippen LogP contribution is 2.31. The monoisotopic (exact) mass is 452 g/mol. The van der Waals surface area contributed by atoms with Crippen LogP contribution in [0.15, 0.2) is 48.5 Å². The SMILES string of the molecule is N#Cc1cccc(C2=CC(N(CCN3CCCC3)C(=O)Nc3ccc(F)c(Cl)c3)CC2)c1. The molecule has 2 aromatic carbocycles. The van der Waals surface area contributed by atoms with Crippen molar-refractivity contribution in [1.82, 2.24) is 9.80 Å². The molecular weight excluding hydrogens is 427 g/mol. The third-order valence-electron chi connectivity index (χ3n) is 6.15. The van der Waals surface area contributed by atoms with Gasteiger partial charge in [-0.3, -0.25) is 0 Å². The summed E-state index contributed by atoms with van der Waals surface area (Å²) in [5.74, 6) is -0.515. The summed E-state index contributed by atoms with van der Waals surface area (Å²) in [4.78, 5) is 17.5. The average Bonchev–Trinajstić information content (AvgIpc) is 3.49. The average molecular weight is 453 g/mol. The van der Waals surface area contributed by atoms with Gasteiger partial charge in [0.15, 0.2) is 0 Å². The number of allylic oxidation sites excluding steroid dienone is 1. The Hall–Kier alpha value is -2.88. The Bertz CT molecular complexity index is 1060. The third kappa shape index (κ3) is 5.29. The Labute approximate surface area is 193 Å². The minimum atomic E-state index is -0.515. The van der Waals surface area contributed by atoms with Gasteiger partial charge in [-0.25, -0.2) is 9.18 Å². The van der Waals surface area contributed by atoms with E-state index < -0.39 is 5.82 Å². The first-order valence-electron chi connectivity index (χ1n) is 11.0. The van der Waals surface area contributed by atoms with Gasteiger partial charge in [0, 0.05) is 18.8 Å². The zero-order valence-electron chi connectivity index (χ0n) is 17.9. The van der Waals surface area contributed by atoms with Crippen molar-refractivity contribution in [2.45, 2.75) is 31.7 Å². The lowest BCUT2D eigenvalue weighted by molar-refractivity contribution is 0.186. The molecule has 4 rings (SSSR count). The van der Waals surface area contributed by atoms with Gasteiger partial charge in [0.1, 0.15) is 5.82 Å². The van der Waals surface area contributed by atoms with E-state index in [1.807, 2.05) is 23.1 Å². The molecule has 1 N–H and O–H groups in total. The van der Waals surface area contributed by atoms with Gasteiger partial charge in [0.05, 0.1) is 22.7 Å². The van der Waals surface area contributed by atoms with Crippen LogP contribution in [-0.2, 0) is 0 Å². The van der Waals surface area contributed by atoms with Crippen molar-refractivity contribution in [3.05, 3.63) is 70.5 Å². The van der Waals surface area contributed by atoms with E-state index in [0.29, 0.717) is 17.8 Å². The number of nitrogens with one attached hydrogen (secondary N) is 1. The number of hydrogen-bond acceptors (Lipinski definition) is 3. The first-order chi connectivity index (χ1) is 15.5. The van der Waals surface area contributed by atoms with Gasteiger partial charge >= 0.3 is 6.03 Å². The van der Waals surface area contributed by atoms with Gasteiger partial charge in [-0.15, -0.1) is 0 Å². The fraction of sp³-hybridized carbons (Fsp3) is 0.360. The van der Waals surface area contributed by atoms with Gasteiger partial charge in [0.2, 0.25) is 0 Å². The number of nitriles is 1. The number of urea groups is 1. The zero-order chi connectivity index (χ0) is 22.5. The predicted octanol–water partition coefficient (Wildman–Crippen LogP) is 5.53. The largest absolute Gasteiger partial charge is 0.322 e. The number of carbonyl (C=O) groups excluding carboxylic acids is 1. The molecule has 1 atom stereocenters. The summed E-state index contributed by atoms with van der Waals surface area (Å²) in [6.07, 6.45) is 6.20. The van der Waals surface area contributed by atoms with Crippen LogP contribution < -0.4 is 5.32 Å². The molecule has 1 unspecified atom stereocenters. The summed E-state index contributed by atoms with van der Waals surface area (Å²) >= 11 is 5.88. The van der Waals surface area contributed by atoms with Crippen LogP contribution in [0.2, 0.25) is 5.02 Å². The van der Waals surface area contributed by atoms with Crippen LogP contribution in [0.3, 0.4) is 0 Å². The summed E-state index contributed by atoms with van der Waals surface area (Å²) in [5, 5.41) is 12.1. The number of benzene rings is 2. The first kappa shape index (κ1) is 22.3. The van der Waals surface area contributed by atoms with Crippen LogP contribution in [0.1, 0.15) is 36.8 Å². The fourth-order valence-corrected chi connectivity index (χ4v) is 4.60. The van der Waals surface area contributed by atoms with Crippen molar-refractivity contribution in [2.75, 3.05) is 31.5 Å². The van der Waals surface area contributed by atoms with E-state index in [-0.39, 0.29) is 17.1 Å². The van der Waals surface area contributed by atoms with Crippen LogP contribution in [0, 0.1) is 17.1 Å². The molecule has 0 aromatic heterocycles. The smallest absolute Gasteiger partial charge is 0.317 e. The van der Waals surface area contributed by atoms with Crippen LogP contribution in [0.5, 0.6) is 0 Å². The lowest BCUT2D eigenvalue weighted by Gasteiger charge is -2.30. The second-order valence-corrected chi connectivity index (χ2v) is 8.70. The van der Waals surface area contributed by atoms with Gasteiger partial charge in [0.25, 0.3) is 0 Å². The molecule has 32 heavy (non-hydrogen) atoms. The highest BCUT2D eigenvalue weighted by atomic mass is 35.5. The maximum atomic E-state index is 13.5. The van der Waals surface area contributed by atoms with Crippen LogP contribution in [-0.4, -0.2) is 48.1 Å². The van der Waals surface area contributed by atoms with Gasteiger partial charge in [-0.1, -0.05) is 29.8 Å². The van der Waals surface area contributed by atoms with Crippen LogP contribution in [0.25, 0.3) is 5.57 Å². The van der Waals surface area contributed by atoms with Crippen molar-refractivity contribution < 1.29 is 9.18 Å². The second kappa shape index (κ2) is 10.2. The molecule has 5 nitrogen and oxygen atoms in total. The standard InChI is InChI=1S/C25H26ClFN4O/c26-23-16-21(7-9-24(23)27)29-25(32)31(13-12-30-10-1-2-11-30)22-8-6-20(15-22)19-5-3-4-18(14-19)17-28/h3-5,7,9,14-16,22H,1-2,6,8,10-13H2,(H,29,32). The Morgan fingerprint density at radius 3 is 2.81 bits per heavy atom. The van der Waals surface area contributed by atoms with Crippen molar-refractivity contribution >= 4 is 28.9 Å². The van der Waals surface area contributed by atoms with Crippen molar-refractivity contribution in [2.24, 2.45) is 0 Å². The topological polar surface area (TPSA) is 59.4 Å². The minimum absolute atomic E-state index is 0.0214. The molecule has 2 aromatic rings. The molecule has 1 saturated heterocycles. The lowest BCUT2D eigenvalue weighted by Crippen LogP contribution is -2.45. The molecule has 1 fully saturated rings. The highest BCUT2D eigenvalue weighted by molar-refractivity contribution is 6.31. The Kier molecular flexibility index (Phi) is 7.09. The molecule has 7 heteroatoms. The number of likely N-dealkylation sites (tertiary alicyclic amines) is 1. The van der Waals surface area contributed by atoms with E-state index in [0.717, 1.165) is 43.6 Å². The predicted molar refractivity (Wildman–Crippen MR) is 125 cm³/mol. The van der Waals surface area contributed by atoms with E-state index in [4.69, 9.17) is 11.6 Å². The van der Waals surface area contributed by atoms with Crippen LogP contribution in [0.4, 0.5) is 14.9 Å². The molecule has 166 valence electrons. The number of amides is 2.